The van der Waals surface area contributed by atoms with Crippen molar-refractivity contribution in [2.24, 2.45) is 7.05 Å². The van der Waals surface area contributed by atoms with Gasteiger partial charge in [-0.1, -0.05) is 12.1 Å². The van der Waals surface area contributed by atoms with E-state index >= 15 is 0 Å². The Morgan fingerprint density at radius 2 is 2.16 bits per heavy atom. The zero-order chi connectivity index (χ0) is 17.4. The van der Waals surface area contributed by atoms with E-state index in [9.17, 15) is 9.18 Å². The van der Waals surface area contributed by atoms with Gasteiger partial charge in [0.2, 0.25) is 5.91 Å². The van der Waals surface area contributed by atoms with Crippen LogP contribution in [0.25, 0.3) is 0 Å². The first-order valence-corrected chi connectivity index (χ1v) is 8.80. The fourth-order valence-electron chi connectivity index (χ4n) is 4.33. The molecule has 0 saturated carbocycles. The molecule has 4 rings (SSSR count). The number of piperidine rings is 1. The molecular weight excluding hydrogens is 319 g/mol. The van der Waals surface area contributed by atoms with Gasteiger partial charge in [-0.15, -0.1) is 0 Å². The second-order valence-corrected chi connectivity index (χ2v) is 7.31. The van der Waals surface area contributed by atoms with Gasteiger partial charge in [0, 0.05) is 50.8 Å². The van der Waals surface area contributed by atoms with Crippen molar-refractivity contribution in [2.45, 2.75) is 37.3 Å². The third-order valence-electron chi connectivity index (χ3n) is 5.62. The first-order valence-electron chi connectivity index (χ1n) is 8.80. The number of likely N-dealkylation sites (tertiary alicyclic amines) is 1. The molecule has 1 amide bonds. The van der Waals surface area contributed by atoms with Crippen molar-refractivity contribution in [1.29, 1.82) is 0 Å². The van der Waals surface area contributed by atoms with Gasteiger partial charge in [-0.3, -0.25) is 14.4 Å². The predicted molar refractivity (Wildman–Crippen MR) is 92.4 cm³/mol. The quantitative estimate of drug-likeness (QED) is 0.930. The first-order chi connectivity index (χ1) is 12.0. The molecule has 25 heavy (non-hydrogen) atoms. The molecule has 6 heteroatoms. The maximum atomic E-state index is 13.4. The topological polar surface area (TPSA) is 50.2 Å². The van der Waals surface area contributed by atoms with Gasteiger partial charge < -0.3 is 5.32 Å². The summed E-state index contributed by atoms with van der Waals surface area (Å²) in [5, 5.41) is 7.53. The maximum Gasteiger partial charge on any atom is 0.221 e. The first kappa shape index (κ1) is 16.3. The molecule has 0 radical (unpaired) electrons. The highest BCUT2D eigenvalue weighted by atomic mass is 19.1. The van der Waals surface area contributed by atoms with Crippen molar-refractivity contribution < 1.29 is 9.18 Å². The molecule has 1 aromatic heterocycles. The summed E-state index contributed by atoms with van der Waals surface area (Å²) >= 11 is 0. The van der Waals surface area contributed by atoms with Crippen LogP contribution in [0.4, 0.5) is 4.39 Å². The number of hydrogen-bond donors (Lipinski definition) is 1. The standard InChI is InChI=1S/C19H23FN4O/c1-23-13-15(11-21-23)17-10-18(25)22-19(17)5-7-24(8-6-19)12-14-3-2-4-16(20)9-14/h2-4,9,11,13,17H,5-8,10,12H2,1H3,(H,22,25)/t17-/m0/s1. The average Bonchev–Trinajstić information content (AvgIpc) is 3.13. The molecular formula is C19H23FN4O. The molecule has 2 aliphatic heterocycles. The zero-order valence-corrected chi connectivity index (χ0v) is 14.4. The number of hydrogen-bond acceptors (Lipinski definition) is 3. The van der Waals surface area contributed by atoms with Crippen LogP contribution < -0.4 is 5.32 Å². The fraction of sp³-hybridized carbons (Fsp3) is 0.474. The van der Waals surface area contributed by atoms with E-state index in [0.29, 0.717) is 6.42 Å². The number of amides is 1. The Morgan fingerprint density at radius 1 is 1.36 bits per heavy atom. The minimum atomic E-state index is -0.189. The Hall–Kier alpha value is -2.21. The zero-order valence-electron chi connectivity index (χ0n) is 14.4. The maximum absolute atomic E-state index is 13.4. The van der Waals surface area contributed by atoms with Crippen molar-refractivity contribution >= 4 is 5.91 Å². The summed E-state index contributed by atoms with van der Waals surface area (Å²) in [6.45, 7) is 2.54. The Kier molecular flexibility index (Phi) is 4.07. The lowest BCUT2D eigenvalue weighted by Crippen LogP contribution is -2.53. The highest BCUT2D eigenvalue weighted by Gasteiger charge is 2.48. The molecule has 2 aromatic rings. The van der Waals surface area contributed by atoms with Gasteiger partial charge in [-0.2, -0.15) is 5.10 Å². The molecule has 1 atom stereocenters. The van der Waals surface area contributed by atoms with Crippen LogP contribution in [0.5, 0.6) is 0 Å². The minimum absolute atomic E-state index is 0.132. The predicted octanol–water partition coefficient (Wildman–Crippen LogP) is 2.20. The average molecular weight is 342 g/mol. The molecule has 132 valence electrons. The summed E-state index contributed by atoms with van der Waals surface area (Å²) in [5.41, 5.74) is 1.97. The largest absolute Gasteiger partial charge is 0.350 e. The number of benzene rings is 1. The number of rotatable bonds is 3. The molecule has 2 saturated heterocycles. The van der Waals surface area contributed by atoms with Crippen LogP contribution in [0, 0.1) is 5.82 Å². The van der Waals surface area contributed by atoms with E-state index in [1.807, 2.05) is 25.5 Å². The Balaban J connectivity index is 1.46. The smallest absolute Gasteiger partial charge is 0.221 e. The fourth-order valence-corrected chi connectivity index (χ4v) is 4.33. The number of aromatic nitrogens is 2. The van der Waals surface area contributed by atoms with Gasteiger partial charge in [0.1, 0.15) is 5.82 Å². The molecule has 1 aromatic carbocycles. The van der Waals surface area contributed by atoms with Crippen LogP contribution in [-0.4, -0.2) is 39.2 Å². The molecule has 1 N–H and O–H groups in total. The van der Waals surface area contributed by atoms with Gasteiger partial charge >= 0.3 is 0 Å². The molecule has 2 fully saturated rings. The van der Waals surface area contributed by atoms with Gasteiger partial charge in [0.15, 0.2) is 0 Å². The number of aryl methyl sites for hydroxylation is 1. The summed E-state index contributed by atoms with van der Waals surface area (Å²) in [5.74, 6) is 0.128. The number of carbonyl (C=O) groups is 1. The van der Waals surface area contributed by atoms with Gasteiger partial charge in [-0.25, -0.2) is 4.39 Å². The van der Waals surface area contributed by atoms with E-state index < -0.39 is 0 Å². The molecule has 0 bridgehead atoms. The SMILES string of the molecule is Cn1cc([C@@H]2CC(=O)NC23CCN(Cc2cccc(F)c2)CC3)cn1. The van der Waals surface area contributed by atoms with E-state index in [1.54, 1.807) is 16.8 Å². The molecule has 0 unspecified atom stereocenters. The van der Waals surface area contributed by atoms with Crippen molar-refractivity contribution in [1.82, 2.24) is 20.0 Å². The van der Waals surface area contributed by atoms with E-state index in [4.69, 9.17) is 0 Å². The second kappa shape index (κ2) is 6.26. The summed E-state index contributed by atoms with van der Waals surface area (Å²) in [6, 6.07) is 6.79. The van der Waals surface area contributed by atoms with Crippen molar-refractivity contribution in [2.75, 3.05) is 13.1 Å². The lowest BCUT2D eigenvalue weighted by molar-refractivity contribution is -0.120. The Bertz CT molecular complexity index is 779. The lowest BCUT2D eigenvalue weighted by Gasteiger charge is -2.42. The summed E-state index contributed by atoms with van der Waals surface area (Å²) in [4.78, 5) is 14.5. The molecule has 1 spiro atoms. The van der Waals surface area contributed by atoms with Crippen molar-refractivity contribution in [3.8, 4) is 0 Å². The normalized spacial score (nSPS) is 23.1. The highest BCUT2D eigenvalue weighted by Crippen LogP contribution is 2.43. The molecule has 0 aliphatic carbocycles. The summed E-state index contributed by atoms with van der Waals surface area (Å²) in [6.07, 6.45) is 6.26. The van der Waals surface area contributed by atoms with E-state index in [0.717, 1.165) is 43.6 Å². The third-order valence-corrected chi connectivity index (χ3v) is 5.62. The van der Waals surface area contributed by atoms with Crippen molar-refractivity contribution in [3.63, 3.8) is 0 Å². The minimum Gasteiger partial charge on any atom is -0.350 e. The van der Waals surface area contributed by atoms with Gasteiger partial charge in [-0.05, 0) is 36.1 Å². The van der Waals surface area contributed by atoms with Crippen LogP contribution in [-0.2, 0) is 18.4 Å². The highest BCUT2D eigenvalue weighted by molar-refractivity contribution is 5.81. The molecule has 5 nitrogen and oxygen atoms in total. The Labute approximate surface area is 146 Å². The van der Waals surface area contributed by atoms with Crippen LogP contribution in [0.1, 0.15) is 36.3 Å². The number of halogens is 1. The third kappa shape index (κ3) is 3.18. The van der Waals surface area contributed by atoms with Crippen LogP contribution in [0.3, 0.4) is 0 Å². The van der Waals surface area contributed by atoms with E-state index in [2.05, 4.69) is 15.3 Å². The van der Waals surface area contributed by atoms with Gasteiger partial charge in [0.05, 0.1) is 6.20 Å². The summed E-state index contributed by atoms with van der Waals surface area (Å²) in [7, 11) is 1.90. The van der Waals surface area contributed by atoms with E-state index in [1.165, 1.54) is 6.07 Å². The molecule has 3 heterocycles. The van der Waals surface area contributed by atoms with Crippen LogP contribution in [0.2, 0.25) is 0 Å². The lowest BCUT2D eigenvalue weighted by atomic mass is 9.75. The van der Waals surface area contributed by atoms with E-state index in [-0.39, 0.29) is 23.2 Å². The summed E-state index contributed by atoms with van der Waals surface area (Å²) < 4.78 is 15.2. The Morgan fingerprint density at radius 3 is 2.84 bits per heavy atom. The second-order valence-electron chi connectivity index (χ2n) is 7.31. The van der Waals surface area contributed by atoms with Gasteiger partial charge in [0.25, 0.3) is 0 Å². The number of carbonyl (C=O) groups excluding carboxylic acids is 1. The number of nitrogens with zero attached hydrogens (tertiary/aromatic N) is 3. The molecule has 2 aliphatic rings. The number of nitrogens with one attached hydrogen (secondary N) is 1. The van der Waals surface area contributed by atoms with Crippen molar-refractivity contribution in [3.05, 3.63) is 53.6 Å². The van der Waals surface area contributed by atoms with Crippen LogP contribution >= 0.6 is 0 Å². The van der Waals surface area contributed by atoms with Crippen LogP contribution in [0.15, 0.2) is 36.7 Å². The monoisotopic (exact) mass is 342 g/mol.